The first-order valence-corrected chi connectivity index (χ1v) is 6.44. The third kappa shape index (κ3) is 4.35. The Morgan fingerprint density at radius 2 is 2.32 bits per heavy atom. The number of carbonyl (C=O) groups excluding carboxylic acids is 2. The summed E-state index contributed by atoms with van der Waals surface area (Å²) in [6.45, 7) is 0.466. The van der Waals surface area contributed by atoms with E-state index in [0.717, 1.165) is 12.0 Å². The first-order chi connectivity index (χ1) is 9.13. The maximum absolute atomic E-state index is 12.9. The van der Waals surface area contributed by atoms with Crippen LogP contribution in [-0.2, 0) is 16.0 Å². The minimum absolute atomic E-state index is 0.0407. The van der Waals surface area contributed by atoms with Crippen LogP contribution in [-0.4, -0.2) is 24.4 Å². The number of hydrogen-bond acceptors (Lipinski definition) is 2. The second-order valence-electron chi connectivity index (χ2n) is 4.74. The van der Waals surface area contributed by atoms with Gasteiger partial charge in [-0.1, -0.05) is 12.1 Å². The topological polar surface area (TPSA) is 58.2 Å². The molecule has 2 amide bonds. The van der Waals surface area contributed by atoms with E-state index in [0.29, 0.717) is 25.8 Å². The quantitative estimate of drug-likeness (QED) is 0.838. The molecule has 0 bridgehead atoms. The van der Waals surface area contributed by atoms with Crippen molar-refractivity contribution in [3.63, 3.8) is 0 Å². The molecule has 1 aromatic carbocycles. The van der Waals surface area contributed by atoms with Gasteiger partial charge in [0.1, 0.15) is 5.82 Å². The number of carbonyl (C=O) groups is 2. The van der Waals surface area contributed by atoms with Gasteiger partial charge >= 0.3 is 0 Å². The Morgan fingerprint density at radius 3 is 3.00 bits per heavy atom. The number of aryl methyl sites for hydroxylation is 1. The van der Waals surface area contributed by atoms with Crippen LogP contribution in [0, 0.1) is 5.82 Å². The van der Waals surface area contributed by atoms with Gasteiger partial charge in [-0.2, -0.15) is 0 Å². The Bertz CT molecular complexity index is 476. The Kier molecular flexibility index (Phi) is 4.49. The number of benzene rings is 1. The highest BCUT2D eigenvalue weighted by molar-refractivity contribution is 5.79. The lowest BCUT2D eigenvalue weighted by Gasteiger charge is -2.11. The van der Waals surface area contributed by atoms with E-state index in [2.05, 4.69) is 10.6 Å². The number of amides is 2. The number of hydrogen-bond donors (Lipinski definition) is 2. The van der Waals surface area contributed by atoms with Crippen LogP contribution in [0.25, 0.3) is 0 Å². The van der Waals surface area contributed by atoms with E-state index in [-0.39, 0.29) is 23.7 Å². The summed E-state index contributed by atoms with van der Waals surface area (Å²) in [4.78, 5) is 22.6. The first-order valence-electron chi connectivity index (χ1n) is 6.44. The van der Waals surface area contributed by atoms with Crippen molar-refractivity contribution in [1.29, 1.82) is 0 Å². The fourth-order valence-corrected chi connectivity index (χ4v) is 2.11. The predicted molar refractivity (Wildman–Crippen MR) is 68.9 cm³/mol. The van der Waals surface area contributed by atoms with E-state index in [1.807, 2.05) is 0 Å². The Morgan fingerprint density at radius 1 is 1.47 bits per heavy atom. The first kappa shape index (κ1) is 13.5. The lowest BCUT2D eigenvalue weighted by molar-refractivity contribution is -0.122. The molecule has 1 atom stereocenters. The summed E-state index contributed by atoms with van der Waals surface area (Å²) in [5.74, 6) is -0.323. The summed E-state index contributed by atoms with van der Waals surface area (Å²) in [7, 11) is 0. The Hall–Kier alpha value is -1.91. The molecule has 19 heavy (non-hydrogen) atoms. The molecule has 1 aliphatic rings. The highest BCUT2D eigenvalue weighted by atomic mass is 19.1. The zero-order valence-electron chi connectivity index (χ0n) is 10.6. The van der Waals surface area contributed by atoms with Gasteiger partial charge in [-0.05, 0) is 30.5 Å². The maximum atomic E-state index is 12.9. The van der Waals surface area contributed by atoms with Gasteiger partial charge in [-0.15, -0.1) is 0 Å². The van der Waals surface area contributed by atoms with Crippen molar-refractivity contribution in [1.82, 2.24) is 10.6 Å². The van der Waals surface area contributed by atoms with Gasteiger partial charge in [0, 0.05) is 25.4 Å². The van der Waals surface area contributed by atoms with Crippen LogP contribution in [0.4, 0.5) is 4.39 Å². The Balaban J connectivity index is 1.68. The van der Waals surface area contributed by atoms with Gasteiger partial charge in [0.25, 0.3) is 0 Å². The molecule has 4 nitrogen and oxygen atoms in total. The van der Waals surface area contributed by atoms with Crippen LogP contribution in [0.3, 0.4) is 0 Å². The molecule has 5 heteroatoms. The molecule has 1 unspecified atom stereocenters. The average Bonchev–Trinajstić information content (AvgIpc) is 2.80. The summed E-state index contributed by atoms with van der Waals surface area (Å²) in [6, 6.07) is 6.30. The fraction of sp³-hybridized carbons (Fsp3) is 0.429. The van der Waals surface area contributed by atoms with Gasteiger partial charge in [-0.25, -0.2) is 4.39 Å². The van der Waals surface area contributed by atoms with Crippen molar-refractivity contribution >= 4 is 11.8 Å². The van der Waals surface area contributed by atoms with Crippen LogP contribution in [0.15, 0.2) is 24.3 Å². The lowest BCUT2D eigenvalue weighted by Crippen LogP contribution is -2.38. The summed E-state index contributed by atoms with van der Waals surface area (Å²) < 4.78 is 12.9. The van der Waals surface area contributed by atoms with Crippen LogP contribution >= 0.6 is 0 Å². The number of rotatable bonds is 5. The van der Waals surface area contributed by atoms with Crippen LogP contribution in [0.5, 0.6) is 0 Å². The minimum Gasteiger partial charge on any atom is -0.354 e. The summed E-state index contributed by atoms with van der Waals surface area (Å²) in [5, 5.41) is 5.57. The summed E-state index contributed by atoms with van der Waals surface area (Å²) >= 11 is 0. The van der Waals surface area contributed by atoms with Crippen molar-refractivity contribution in [3.8, 4) is 0 Å². The normalized spacial score (nSPS) is 18.2. The molecule has 0 aliphatic carbocycles. The molecular formula is C14H17FN2O2. The minimum atomic E-state index is -0.286. The van der Waals surface area contributed by atoms with Crippen molar-refractivity contribution < 1.29 is 14.0 Å². The van der Waals surface area contributed by atoms with E-state index in [1.54, 1.807) is 12.1 Å². The molecule has 0 aromatic heterocycles. The third-order valence-electron chi connectivity index (χ3n) is 3.16. The fourth-order valence-electron chi connectivity index (χ4n) is 2.11. The zero-order valence-corrected chi connectivity index (χ0v) is 10.6. The van der Waals surface area contributed by atoms with E-state index in [1.165, 1.54) is 12.1 Å². The van der Waals surface area contributed by atoms with Gasteiger partial charge in [0.15, 0.2) is 0 Å². The largest absolute Gasteiger partial charge is 0.354 e. The third-order valence-corrected chi connectivity index (χ3v) is 3.16. The highest BCUT2D eigenvalue weighted by Crippen LogP contribution is 2.07. The van der Waals surface area contributed by atoms with Crippen molar-refractivity contribution in [2.45, 2.75) is 31.7 Å². The zero-order chi connectivity index (χ0) is 13.7. The van der Waals surface area contributed by atoms with Gasteiger partial charge in [0.05, 0.1) is 0 Å². The van der Waals surface area contributed by atoms with Crippen molar-refractivity contribution in [2.75, 3.05) is 6.54 Å². The molecule has 1 heterocycles. The van der Waals surface area contributed by atoms with Crippen LogP contribution in [0.2, 0.25) is 0 Å². The summed E-state index contributed by atoms with van der Waals surface area (Å²) in [5.41, 5.74) is 0.810. The Labute approximate surface area is 111 Å². The lowest BCUT2D eigenvalue weighted by atomic mass is 10.1. The average molecular weight is 264 g/mol. The van der Waals surface area contributed by atoms with Gasteiger partial charge in [-0.3, -0.25) is 9.59 Å². The monoisotopic (exact) mass is 264 g/mol. The molecule has 0 spiro atoms. The van der Waals surface area contributed by atoms with E-state index >= 15 is 0 Å². The molecule has 102 valence electrons. The van der Waals surface area contributed by atoms with Crippen LogP contribution in [0.1, 0.15) is 24.8 Å². The number of nitrogens with one attached hydrogen (secondary N) is 2. The molecule has 1 aromatic rings. The van der Waals surface area contributed by atoms with Crippen LogP contribution < -0.4 is 10.6 Å². The summed E-state index contributed by atoms with van der Waals surface area (Å²) in [6.07, 6.45) is 2.14. The second-order valence-corrected chi connectivity index (χ2v) is 4.74. The predicted octanol–water partition coefficient (Wildman–Crippen LogP) is 1.15. The molecule has 0 radical (unpaired) electrons. The van der Waals surface area contributed by atoms with E-state index in [9.17, 15) is 14.0 Å². The molecule has 1 fully saturated rings. The smallest absolute Gasteiger partial charge is 0.220 e. The molecule has 0 saturated carbocycles. The van der Waals surface area contributed by atoms with Crippen molar-refractivity contribution in [3.05, 3.63) is 35.6 Å². The highest BCUT2D eigenvalue weighted by Gasteiger charge is 2.20. The van der Waals surface area contributed by atoms with E-state index < -0.39 is 0 Å². The number of halogens is 1. The van der Waals surface area contributed by atoms with E-state index in [4.69, 9.17) is 0 Å². The van der Waals surface area contributed by atoms with Gasteiger partial charge < -0.3 is 10.6 Å². The standard InChI is InChI=1S/C14H17FN2O2/c15-11-3-1-2-10(8-11)4-6-13(18)16-9-12-5-7-14(19)17-12/h1-3,8,12H,4-7,9H2,(H,16,18)(H,17,19). The molecule has 2 N–H and O–H groups in total. The van der Waals surface area contributed by atoms with Gasteiger partial charge in [0.2, 0.25) is 11.8 Å². The molecular weight excluding hydrogens is 247 g/mol. The molecule has 1 saturated heterocycles. The molecule has 2 rings (SSSR count). The second kappa shape index (κ2) is 6.31. The SMILES string of the molecule is O=C(CCc1cccc(F)c1)NCC1CCC(=O)N1. The maximum Gasteiger partial charge on any atom is 0.220 e. The molecule has 1 aliphatic heterocycles. The van der Waals surface area contributed by atoms with Crippen molar-refractivity contribution in [2.24, 2.45) is 0 Å².